The zero-order valence-corrected chi connectivity index (χ0v) is 22.5. The number of thioether (sulfide) groups is 1. The van der Waals surface area contributed by atoms with Gasteiger partial charge in [-0.25, -0.2) is 0 Å². The molecule has 0 radical (unpaired) electrons. The normalized spacial score (nSPS) is 11.7. The highest BCUT2D eigenvalue weighted by Gasteiger charge is 2.26. The van der Waals surface area contributed by atoms with E-state index in [0.717, 1.165) is 0 Å². The van der Waals surface area contributed by atoms with Gasteiger partial charge >= 0.3 is 0 Å². The Labute approximate surface area is 224 Å². The number of carbonyl (C=O) groups is 2. The number of allylic oxidation sites excluding steroid dienone is 1. The molecule has 1 atom stereocenters. The van der Waals surface area contributed by atoms with Crippen molar-refractivity contribution in [2.45, 2.75) is 31.6 Å². The van der Waals surface area contributed by atoms with Gasteiger partial charge in [-0.05, 0) is 48.4 Å². The lowest BCUT2D eigenvalue weighted by Gasteiger charge is -2.22. The number of nitrogens with zero attached hydrogens (tertiary/aromatic N) is 3. The molecule has 0 saturated heterocycles. The molecule has 0 saturated carbocycles. The molecule has 3 aromatic rings. The zero-order valence-electron chi connectivity index (χ0n) is 20.1. The standard InChI is InChI=1S/C25H27Cl2N5O3S/c1-5-12-32-23(22(15(2)3)29-24(34)16-6-9-18(35-4)10-7-16)30-31-25(32)36-14-21(33)28-17-8-11-19(26)20(27)13-17/h5-11,13,15,22H,1,12,14H2,2-4H3,(H,28,33)(H,29,34)/t22-/m0/s1. The molecule has 3 rings (SSSR count). The van der Waals surface area contributed by atoms with E-state index < -0.39 is 6.04 Å². The molecule has 0 fully saturated rings. The number of anilines is 1. The molecule has 0 aliphatic heterocycles. The second kappa shape index (κ2) is 12.8. The van der Waals surface area contributed by atoms with Gasteiger partial charge in [0.2, 0.25) is 5.91 Å². The first-order valence-corrected chi connectivity index (χ1v) is 12.8. The minimum Gasteiger partial charge on any atom is -0.497 e. The van der Waals surface area contributed by atoms with Gasteiger partial charge in [0.1, 0.15) is 5.75 Å². The van der Waals surface area contributed by atoms with Gasteiger partial charge in [0, 0.05) is 17.8 Å². The van der Waals surface area contributed by atoms with Crippen molar-refractivity contribution < 1.29 is 14.3 Å². The minimum absolute atomic E-state index is 0.0239. The van der Waals surface area contributed by atoms with Crippen LogP contribution in [0, 0.1) is 5.92 Å². The summed E-state index contributed by atoms with van der Waals surface area (Å²) < 4.78 is 7.01. The molecule has 1 heterocycles. The highest BCUT2D eigenvalue weighted by molar-refractivity contribution is 7.99. The largest absolute Gasteiger partial charge is 0.497 e. The van der Waals surface area contributed by atoms with E-state index in [9.17, 15) is 9.59 Å². The molecule has 1 aromatic heterocycles. The molecule has 2 aromatic carbocycles. The van der Waals surface area contributed by atoms with Crippen molar-refractivity contribution in [2.24, 2.45) is 5.92 Å². The van der Waals surface area contributed by atoms with Gasteiger partial charge < -0.3 is 19.9 Å². The van der Waals surface area contributed by atoms with E-state index in [1.165, 1.54) is 11.8 Å². The lowest BCUT2D eigenvalue weighted by atomic mass is 10.0. The Kier molecular flexibility index (Phi) is 9.81. The van der Waals surface area contributed by atoms with Crippen molar-refractivity contribution in [1.82, 2.24) is 20.1 Å². The third-order valence-corrected chi connectivity index (χ3v) is 6.88. The molecule has 0 spiro atoms. The summed E-state index contributed by atoms with van der Waals surface area (Å²) in [6.45, 7) is 8.22. The number of nitrogens with one attached hydrogen (secondary N) is 2. The van der Waals surface area contributed by atoms with E-state index in [1.54, 1.807) is 55.7 Å². The van der Waals surface area contributed by atoms with Crippen LogP contribution in [-0.4, -0.2) is 39.4 Å². The van der Waals surface area contributed by atoms with Gasteiger partial charge in [0.25, 0.3) is 5.91 Å². The average Bonchev–Trinajstić information content (AvgIpc) is 3.25. The number of hydrogen-bond donors (Lipinski definition) is 2. The Morgan fingerprint density at radius 2 is 1.86 bits per heavy atom. The molecular formula is C25H27Cl2N5O3S. The summed E-state index contributed by atoms with van der Waals surface area (Å²) in [4.78, 5) is 25.4. The van der Waals surface area contributed by atoms with Gasteiger partial charge in [0.15, 0.2) is 11.0 Å². The smallest absolute Gasteiger partial charge is 0.251 e. The summed E-state index contributed by atoms with van der Waals surface area (Å²) in [6.07, 6.45) is 1.72. The zero-order chi connectivity index (χ0) is 26.2. The summed E-state index contributed by atoms with van der Waals surface area (Å²) in [6, 6.07) is 11.3. The van der Waals surface area contributed by atoms with Crippen LogP contribution in [0.25, 0.3) is 0 Å². The molecule has 0 unspecified atom stereocenters. The fourth-order valence-electron chi connectivity index (χ4n) is 3.33. The molecule has 11 heteroatoms. The van der Waals surface area contributed by atoms with E-state index in [1.807, 2.05) is 18.4 Å². The first-order chi connectivity index (χ1) is 17.2. The van der Waals surface area contributed by atoms with Crippen molar-refractivity contribution in [1.29, 1.82) is 0 Å². The van der Waals surface area contributed by atoms with Crippen molar-refractivity contribution in [3.8, 4) is 5.75 Å². The number of benzene rings is 2. The second-order valence-electron chi connectivity index (χ2n) is 8.13. The maximum atomic E-state index is 12.9. The molecule has 36 heavy (non-hydrogen) atoms. The number of carbonyl (C=O) groups excluding carboxylic acids is 2. The number of aromatic nitrogens is 3. The predicted molar refractivity (Wildman–Crippen MR) is 144 cm³/mol. The van der Waals surface area contributed by atoms with Crippen LogP contribution in [0.4, 0.5) is 5.69 Å². The van der Waals surface area contributed by atoms with Crippen LogP contribution >= 0.6 is 35.0 Å². The van der Waals surface area contributed by atoms with Gasteiger partial charge in [-0.1, -0.05) is 54.9 Å². The highest BCUT2D eigenvalue weighted by atomic mass is 35.5. The highest BCUT2D eigenvalue weighted by Crippen LogP contribution is 2.27. The maximum absolute atomic E-state index is 12.9. The van der Waals surface area contributed by atoms with Crippen LogP contribution in [0.5, 0.6) is 5.75 Å². The fourth-order valence-corrected chi connectivity index (χ4v) is 4.39. The summed E-state index contributed by atoms with van der Waals surface area (Å²) >= 11 is 13.2. The Balaban J connectivity index is 1.74. The van der Waals surface area contributed by atoms with E-state index in [4.69, 9.17) is 27.9 Å². The lowest BCUT2D eigenvalue weighted by molar-refractivity contribution is -0.113. The van der Waals surface area contributed by atoms with Gasteiger partial charge in [-0.15, -0.1) is 16.8 Å². The van der Waals surface area contributed by atoms with E-state index in [2.05, 4.69) is 27.4 Å². The van der Waals surface area contributed by atoms with Crippen molar-refractivity contribution in [3.05, 3.63) is 76.6 Å². The minimum atomic E-state index is -0.411. The molecule has 190 valence electrons. The molecule has 0 aliphatic rings. The Bertz CT molecular complexity index is 1230. The summed E-state index contributed by atoms with van der Waals surface area (Å²) in [5.41, 5.74) is 1.05. The lowest BCUT2D eigenvalue weighted by Crippen LogP contribution is -2.33. The van der Waals surface area contributed by atoms with Gasteiger partial charge in [0.05, 0.1) is 28.9 Å². The van der Waals surface area contributed by atoms with Crippen LogP contribution in [0.3, 0.4) is 0 Å². The van der Waals surface area contributed by atoms with Crippen molar-refractivity contribution in [3.63, 3.8) is 0 Å². The number of rotatable bonds is 11. The first kappa shape index (κ1) is 27.6. The summed E-state index contributed by atoms with van der Waals surface area (Å²) in [7, 11) is 1.57. The van der Waals surface area contributed by atoms with E-state index >= 15 is 0 Å². The fraction of sp³-hybridized carbons (Fsp3) is 0.280. The van der Waals surface area contributed by atoms with Crippen molar-refractivity contribution in [2.75, 3.05) is 18.2 Å². The third kappa shape index (κ3) is 7.02. The van der Waals surface area contributed by atoms with E-state index in [-0.39, 0.29) is 23.5 Å². The third-order valence-electron chi connectivity index (χ3n) is 5.18. The average molecular weight is 548 g/mol. The molecule has 8 nitrogen and oxygen atoms in total. The topological polar surface area (TPSA) is 98.1 Å². The quantitative estimate of drug-likeness (QED) is 0.238. The Hall–Kier alpha value is -3.01. The summed E-state index contributed by atoms with van der Waals surface area (Å²) in [5.74, 6) is 0.901. The maximum Gasteiger partial charge on any atom is 0.251 e. The van der Waals surface area contributed by atoms with Gasteiger partial charge in [-0.3, -0.25) is 9.59 Å². The molecule has 0 aliphatic carbocycles. The SMILES string of the molecule is C=CCn1c(SCC(=O)Nc2ccc(Cl)c(Cl)c2)nnc1[C@@H](NC(=O)c1ccc(OC)cc1)C(C)C. The number of hydrogen-bond acceptors (Lipinski definition) is 6. The van der Waals surface area contributed by atoms with Gasteiger partial charge in [-0.2, -0.15) is 0 Å². The van der Waals surface area contributed by atoms with Crippen LogP contribution in [0.1, 0.15) is 36.1 Å². The van der Waals surface area contributed by atoms with Crippen molar-refractivity contribution >= 4 is 52.5 Å². The monoisotopic (exact) mass is 547 g/mol. The molecule has 2 N–H and O–H groups in total. The Morgan fingerprint density at radius 1 is 1.14 bits per heavy atom. The van der Waals surface area contributed by atoms with Crippen LogP contribution in [0.15, 0.2) is 60.3 Å². The number of halogens is 2. The summed E-state index contributed by atoms with van der Waals surface area (Å²) in [5, 5.41) is 15.8. The first-order valence-electron chi connectivity index (χ1n) is 11.1. The van der Waals surface area contributed by atoms with Crippen LogP contribution in [-0.2, 0) is 11.3 Å². The predicted octanol–water partition coefficient (Wildman–Crippen LogP) is 5.64. The number of ether oxygens (including phenoxy) is 1. The number of methoxy groups -OCH3 is 1. The number of amides is 2. The van der Waals surface area contributed by atoms with Crippen LogP contribution in [0.2, 0.25) is 10.0 Å². The Morgan fingerprint density at radius 3 is 2.47 bits per heavy atom. The molecule has 2 amide bonds. The molecule has 0 bridgehead atoms. The van der Waals surface area contributed by atoms with E-state index in [0.29, 0.717) is 44.6 Å². The molecular weight excluding hydrogens is 521 g/mol. The second-order valence-corrected chi connectivity index (χ2v) is 9.89. The van der Waals surface area contributed by atoms with Crippen LogP contribution < -0.4 is 15.4 Å².